The van der Waals surface area contributed by atoms with E-state index in [0.717, 1.165) is 0 Å². The summed E-state index contributed by atoms with van der Waals surface area (Å²) < 4.78 is 21.8. The number of nitrogens with one attached hydrogen (secondary N) is 3. The molecule has 0 radical (unpaired) electrons. The van der Waals surface area contributed by atoms with E-state index in [1.54, 1.807) is 11.3 Å². The molecule has 0 amide bonds. The van der Waals surface area contributed by atoms with Crippen molar-refractivity contribution in [3.05, 3.63) is 0 Å². The van der Waals surface area contributed by atoms with Gasteiger partial charge in [0.2, 0.25) is 0 Å². The average molecular weight is 223 g/mol. The maximum Gasteiger partial charge on any atom is 0.128 e. The zero-order valence-corrected chi connectivity index (χ0v) is 9.08. The fourth-order valence-electron chi connectivity index (χ4n) is 0.996. The number of rotatable bonds is 5. The van der Waals surface area contributed by atoms with E-state index in [1.807, 2.05) is 13.8 Å². The van der Waals surface area contributed by atoms with E-state index in [4.69, 9.17) is 0 Å². The van der Waals surface area contributed by atoms with Gasteiger partial charge in [-0.05, 0) is 13.8 Å². The second-order valence-electron chi connectivity index (χ2n) is 3.31. The van der Waals surface area contributed by atoms with Crippen LogP contribution in [0.4, 0.5) is 0 Å². The highest BCUT2D eigenvalue weighted by molar-refractivity contribution is 8.22. The zero-order valence-electron chi connectivity index (χ0n) is 8.27. The summed E-state index contributed by atoms with van der Waals surface area (Å²) in [5.41, 5.74) is 5.23. The van der Waals surface area contributed by atoms with E-state index in [2.05, 4.69) is 20.9 Å². The molecule has 5 N–H and O–H groups in total. The lowest BCUT2D eigenvalue weighted by Crippen LogP contribution is -2.41. The molecule has 84 valence electrons. The van der Waals surface area contributed by atoms with Crippen LogP contribution < -0.4 is 15.8 Å². The molecule has 0 atom stereocenters. The highest BCUT2D eigenvalue weighted by Crippen LogP contribution is 2.33. The summed E-state index contributed by atoms with van der Waals surface area (Å²) in [5.74, 6) is 0.256. The van der Waals surface area contributed by atoms with E-state index in [1.165, 1.54) is 0 Å². The van der Waals surface area contributed by atoms with Crippen molar-refractivity contribution >= 4 is 17.1 Å². The van der Waals surface area contributed by atoms with Gasteiger partial charge in [-0.2, -0.15) is 5.10 Å². The summed E-state index contributed by atoms with van der Waals surface area (Å²) in [6.45, 7) is 4.20. The van der Waals surface area contributed by atoms with Crippen LogP contribution in [-0.2, 0) is 0 Å². The Morgan fingerprint density at radius 2 is 2.29 bits per heavy atom. The van der Waals surface area contributed by atoms with Gasteiger partial charge in [0.15, 0.2) is 0 Å². The molecule has 0 unspecified atom stereocenters. The minimum atomic E-state index is -2.69. The molecule has 0 fully saturated rings. The molecule has 1 rings (SSSR count). The Balaban J connectivity index is 2.24. The summed E-state index contributed by atoms with van der Waals surface area (Å²) in [6, 6.07) is 0.0540. The summed E-state index contributed by atoms with van der Waals surface area (Å²) in [4.78, 5) is 0. The van der Waals surface area contributed by atoms with E-state index >= 15 is 0 Å². The van der Waals surface area contributed by atoms with Crippen molar-refractivity contribution in [1.82, 2.24) is 20.8 Å². The second-order valence-corrected chi connectivity index (χ2v) is 5.28. The van der Waals surface area contributed by atoms with Gasteiger partial charge in [0, 0.05) is 6.04 Å². The van der Waals surface area contributed by atoms with Crippen LogP contribution in [0, 0.1) is 0 Å². The van der Waals surface area contributed by atoms with Crippen molar-refractivity contribution in [2.24, 2.45) is 5.10 Å². The molecule has 14 heavy (non-hydrogen) atoms. The quantitative estimate of drug-likeness (QED) is 0.448. The Hall–Kier alpha value is -0.540. The molecule has 8 heteroatoms. The van der Waals surface area contributed by atoms with Crippen LogP contribution >= 0.6 is 10.8 Å². The smallest absolute Gasteiger partial charge is 0.128 e. The van der Waals surface area contributed by atoms with E-state index in [-0.39, 0.29) is 11.8 Å². The molecule has 0 bridgehead atoms. The molecule has 0 spiro atoms. The summed E-state index contributed by atoms with van der Waals surface area (Å²) in [6.07, 6.45) is 1.55. The lowest BCUT2D eigenvalue weighted by Gasteiger charge is -2.35. The topological polar surface area (TPSA) is 92.2 Å². The van der Waals surface area contributed by atoms with E-state index < -0.39 is 10.8 Å². The lowest BCUT2D eigenvalue weighted by molar-refractivity contribution is 0.311. The van der Waals surface area contributed by atoms with Gasteiger partial charge in [0.05, 0.1) is 12.3 Å². The maximum atomic E-state index is 9.55. The van der Waals surface area contributed by atoms with Crippen LogP contribution in [0.1, 0.15) is 13.8 Å². The number of hydrogen-bond acceptors (Lipinski definition) is 7. The van der Waals surface area contributed by atoms with Gasteiger partial charge in [-0.15, -0.1) is 16.3 Å². The van der Waals surface area contributed by atoms with Gasteiger partial charge in [-0.3, -0.25) is 14.1 Å². The molecule has 0 aromatic heterocycles. The number of hydrazone groups is 1. The van der Waals surface area contributed by atoms with E-state index in [0.29, 0.717) is 6.54 Å². The van der Waals surface area contributed by atoms with Crippen LogP contribution in [0.15, 0.2) is 5.10 Å². The first-order valence-corrected chi connectivity index (χ1v) is 6.05. The van der Waals surface area contributed by atoms with Crippen LogP contribution in [0.3, 0.4) is 0 Å². The van der Waals surface area contributed by atoms with Crippen LogP contribution in [0.2, 0.25) is 0 Å². The molecule has 1 aliphatic heterocycles. The molecule has 0 saturated heterocycles. The van der Waals surface area contributed by atoms with Crippen molar-refractivity contribution in [2.75, 3.05) is 12.3 Å². The van der Waals surface area contributed by atoms with Gasteiger partial charge < -0.3 is 0 Å². The largest absolute Gasteiger partial charge is 0.286 e. The molecule has 0 saturated carbocycles. The minimum Gasteiger partial charge on any atom is -0.286 e. The Kier molecular flexibility index (Phi) is 3.96. The molecule has 0 aliphatic carbocycles. The molecular formula is C6H17N5O2S. The van der Waals surface area contributed by atoms with Gasteiger partial charge in [0.1, 0.15) is 6.34 Å². The highest BCUT2D eigenvalue weighted by Gasteiger charge is 2.15. The van der Waals surface area contributed by atoms with Crippen molar-refractivity contribution < 1.29 is 9.11 Å². The number of hydrazine groups is 2. The van der Waals surface area contributed by atoms with Gasteiger partial charge in [0.25, 0.3) is 0 Å². The Morgan fingerprint density at radius 1 is 1.57 bits per heavy atom. The van der Waals surface area contributed by atoms with Gasteiger partial charge >= 0.3 is 0 Å². The van der Waals surface area contributed by atoms with Crippen LogP contribution in [0.5, 0.6) is 0 Å². The molecule has 7 nitrogen and oxygen atoms in total. The standard InChI is InChI=1S/C6H17N5O2S/c1-6(2)8-14(12,13)4-3-11-5-7-9-10-11/h5-6,8-10,12-13H,3-4H2,1-2H3. The van der Waals surface area contributed by atoms with Crippen molar-refractivity contribution in [3.8, 4) is 0 Å². The van der Waals surface area contributed by atoms with Crippen LogP contribution in [-0.4, -0.2) is 38.8 Å². The summed E-state index contributed by atoms with van der Waals surface area (Å²) in [5, 5.41) is 5.33. The Bertz CT molecular complexity index is 210. The Morgan fingerprint density at radius 3 is 2.79 bits per heavy atom. The third-order valence-corrected chi connectivity index (χ3v) is 3.10. The monoisotopic (exact) mass is 223 g/mol. The third kappa shape index (κ3) is 4.11. The fourth-order valence-corrected chi connectivity index (χ4v) is 2.32. The first-order valence-electron chi connectivity index (χ1n) is 4.33. The van der Waals surface area contributed by atoms with Crippen LogP contribution in [0.25, 0.3) is 0 Å². The SMILES string of the molecule is CC(C)NS(O)(O)CCN1C=NNN1. The third-order valence-electron chi connectivity index (χ3n) is 1.50. The number of nitrogens with zero attached hydrogens (tertiary/aromatic N) is 2. The fraction of sp³-hybridized carbons (Fsp3) is 0.833. The molecule has 0 aromatic rings. The van der Waals surface area contributed by atoms with Crippen molar-refractivity contribution in [3.63, 3.8) is 0 Å². The lowest BCUT2D eigenvalue weighted by atomic mass is 10.4. The predicted octanol–water partition coefficient (Wildman–Crippen LogP) is -0.0819. The predicted molar refractivity (Wildman–Crippen MR) is 57.5 cm³/mol. The van der Waals surface area contributed by atoms with Gasteiger partial charge in [-0.25, -0.2) is 10.3 Å². The van der Waals surface area contributed by atoms with Crippen molar-refractivity contribution in [1.29, 1.82) is 0 Å². The van der Waals surface area contributed by atoms with Crippen molar-refractivity contribution in [2.45, 2.75) is 19.9 Å². The second kappa shape index (κ2) is 4.80. The molecular weight excluding hydrogens is 206 g/mol. The zero-order chi connectivity index (χ0) is 10.6. The van der Waals surface area contributed by atoms with Gasteiger partial charge in [-0.1, -0.05) is 0 Å². The highest BCUT2D eigenvalue weighted by atomic mass is 32.3. The Labute approximate surface area is 85.0 Å². The van der Waals surface area contributed by atoms with E-state index in [9.17, 15) is 9.11 Å². The summed E-state index contributed by atoms with van der Waals surface area (Å²) in [7, 11) is -2.69. The molecule has 1 aliphatic rings. The minimum absolute atomic E-state index is 0.0540. The molecule has 1 heterocycles. The maximum absolute atomic E-state index is 9.55. The average Bonchev–Trinajstić information content (AvgIpc) is 2.50. The molecule has 0 aromatic carbocycles. The number of hydrogen-bond donors (Lipinski definition) is 5. The first kappa shape index (κ1) is 11.5. The first-order chi connectivity index (χ1) is 6.49. The summed E-state index contributed by atoms with van der Waals surface area (Å²) >= 11 is 0. The normalized spacial score (nSPS) is 17.6.